The third-order valence-corrected chi connectivity index (χ3v) is 2.02. The fourth-order valence-electron chi connectivity index (χ4n) is 1.44. The zero-order chi connectivity index (χ0) is 9.84. The van der Waals surface area contributed by atoms with E-state index < -0.39 is 0 Å². The zero-order valence-electron chi connectivity index (χ0n) is 7.90. The van der Waals surface area contributed by atoms with Gasteiger partial charge >= 0.3 is 0 Å². The molecule has 1 rings (SSSR count). The van der Waals surface area contributed by atoms with Crippen molar-refractivity contribution in [3.8, 4) is 0 Å². The third kappa shape index (κ3) is 2.28. The highest BCUT2D eigenvalue weighted by atomic mass is 16.1. The summed E-state index contributed by atoms with van der Waals surface area (Å²) >= 11 is 0. The van der Waals surface area contributed by atoms with Gasteiger partial charge in [0, 0.05) is 12.4 Å². The molecule has 1 aromatic heterocycles. The minimum atomic E-state index is -0.289. The van der Waals surface area contributed by atoms with Crippen LogP contribution in [0.25, 0.3) is 0 Å². The molecule has 0 saturated heterocycles. The monoisotopic (exact) mass is 178 g/mol. The SMILES string of the molecule is CC(C)[C@@H](C(N)=O)c1cccnc1. The van der Waals surface area contributed by atoms with Gasteiger partial charge in [-0.05, 0) is 17.5 Å². The highest BCUT2D eigenvalue weighted by Crippen LogP contribution is 2.22. The molecule has 0 aliphatic carbocycles. The highest BCUT2D eigenvalue weighted by molar-refractivity contribution is 5.82. The van der Waals surface area contributed by atoms with Crippen molar-refractivity contribution in [1.82, 2.24) is 4.98 Å². The summed E-state index contributed by atoms with van der Waals surface area (Å²) in [5.41, 5.74) is 6.20. The van der Waals surface area contributed by atoms with E-state index in [1.807, 2.05) is 26.0 Å². The topological polar surface area (TPSA) is 56.0 Å². The number of carbonyl (C=O) groups excluding carboxylic acids is 1. The first-order valence-electron chi connectivity index (χ1n) is 4.32. The van der Waals surface area contributed by atoms with Crippen molar-refractivity contribution in [3.63, 3.8) is 0 Å². The number of amides is 1. The number of hydrogen-bond donors (Lipinski definition) is 1. The van der Waals surface area contributed by atoms with E-state index in [1.54, 1.807) is 12.4 Å². The Labute approximate surface area is 78.0 Å². The molecule has 1 atom stereocenters. The van der Waals surface area contributed by atoms with Crippen molar-refractivity contribution in [2.24, 2.45) is 11.7 Å². The van der Waals surface area contributed by atoms with Gasteiger partial charge in [0.25, 0.3) is 0 Å². The standard InChI is InChI=1S/C10H14N2O/c1-7(2)9(10(11)13)8-4-3-5-12-6-8/h3-7,9H,1-2H3,(H2,11,13)/t9-/m1/s1. The zero-order valence-corrected chi connectivity index (χ0v) is 7.90. The molecule has 0 fully saturated rings. The van der Waals surface area contributed by atoms with Crippen LogP contribution in [0.3, 0.4) is 0 Å². The van der Waals surface area contributed by atoms with Gasteiger partial charge in [-0.1, -0.05) is 19.9 Å². The van der Waals surface area contributed by atoms with Crippen LogP contribution in [-0.4, -0.2) is 10.9 Å². The smallest absolute Gasteiger partial charge is 0.225 e. The predicted molar refractivity (Wildman–Crippen MR) is 51.0 cm³/mol. The van der Waals surface area contributed by atoms with Crippen molar-refractivity contribution in [3.05, 3.63) is 30.1 Å². The van der Waals surface area contributed by atoms with Gasteiger partial charge in [-0.3, -0.25) is 9.78 Å². The number of pyridine rings is 1. The van der Waals surface area contributed by atoms with Crippen LogP contribution in [0.15, 0.2) is 24.5 Å². The fourth-order valence-corrected chi connectivity index (χ4v) is 1.44. The molecule has 0 saturated carbocycles. The van der Waals surface area contributed by atoms with E-state index in [0.717, 1.165) is 5.56 Å². The minimum absolute atomic E-state index is 0.210. The van der Waals surface area contributed by atoms with Crippen LogP contribution in [0.4, 0.5) is 0 Å². The van der Waals surface area contributed by atoms with Crippen LogP contribution in [0.5, 0.6) is 0 Å². The molecule has 1 aromatic rings. The van der Waals surface area contributed by atoms with Gasteiger partial charge in [-0.25, -0.2) is 0 Å². The lowest BCUT2D eigenvalue weighted by Gasteiger charge is -2.16. The number of hydrogen-bond acceptors (Lipinski definition) is 2. The summed E-state index contributed by atoms with van der Waals surface area (Å²) in [6.07, 6.45) is 3.37. The molecule has 3 nitrogen and oxygen atoms in total. The second-order valence-corrected chi connectivity index (χ2v) is 3.41. The lowest BCUT2D eigenvalue weighted by molar-refractivity contribution is -0.120. The van der Waals surface area contributed by atoms with Gasteiger partial charge in [0.1, 0.15) is 0 Å². The second-order valence-electron chi connectivity index (χ2n) is 3.41. The minimum Gasteiger partial charge on any atom is -0.369 e. The van der Waals surface area contributed by atoms with Gasteiger partial charge in [-0.15, -0.1) is 0 Å². The van der Waals surface area contributed by atoms with Crippen molar-refractivity contribution in [1.29, 1.82) is 0 Å². The Kier molecular flexibility index (Phi) is 3.01. The average Bonchev–Trinajstić information content (AvgIpc) is 2.04. The average molecular weight is 178 g/mol. The maximum Gasteiger partial charge on any atom is 0.225 e. The number of rotatable bonds is 3. The van der Waals surface area contributed by atoms with E-state index in [0.29, 0.717) is 0 Å². The van der Waals surface area contributed by atoms with Crippen LogP contribution in [0, 0.1) is 5.92 Å². The molecule has 70 valence electrons. The van der Waals surface area contributed by atoms with Crippen LogP contribution >= 0.6 is 0 Å². The first-order valence-corrected chi connectivity index (χ1v) is 4.32. The lowest BCUT2D eigenvalue weighted by atomic mass is 9.89. The highest BCUT2D eigenvalue weighted by Gasteiger charge is 2.21. The third-order valence-electron chi connectivity index (χ3n) is 2.02. The van der Waals surface area contributed by atoms with Crippen molar-refractivity contribution < 1.29 is 4.79 Å². The normalized spacial score (nSPS) is 12.8. The number of carbonyl (C=O) groups is 1. The number of nitrogens with zero attached hydrogens (tertiary/aromatic N) is 1. The summed E-state index contributed by atoms with van der Waals surface area (Å²) in [7, 11) is 0. The fraction of sp³-hybridized carbons (Fsp3) is 0.400. The Bertz CT molecular complexity index is 282. The van der Waals surface area contributed by atoms with E-state index in [1.165, 1.54) is 0 Å². The molecule has 0 aliphatic heterocycles. The van der Waals surface area contributed by atoms with E-state index in [-0.39, 0.29) is 17.7 Å². The van der Waals surface area contributed by atoms with Crippen molar-refractivity contribution in [2.45, 2.75) is 19.8 Å². The largest absolute Gasteiger partial charge is 0.369 e. The molecule has 0 bridgehead atoms. The van der Waals surface area contributed by atoms with E-state index in [9.17, 15) is 4.79 Å². The predicted octanol–water partition coefficient (Wildman–Crippen LogP) is 1.31. The molecule has 1 heterocycles. The number of aromatic nitrogens is 1. The maximum absolute atomic E-state index is 11.1. The number of nitrogens with two attached hydrogens (primary N) is 1. The van der Waals surface area contributed by atoms with Crippen LogP contribution in [0.1, 0.15) is 25.3 Å². The van der Waals surface area contributed by atoms with E-state index in [4.69, 9.17) is 5.73 Å². The summed E-state index contributed by atoms with van der Waals surface area (Å²) < 4.78 is 0. The summed E-state index contributed by atoms with van der Waals surface area (Å²) in [5.74, 6) is -0.307. The van der Waals surface area contributed by atoms with Gasteiger partial charge in [0.15, 0.2) is 0 Å². The molecule has 2 N–H and O–H groups in total. The first kappa shape index (κ1) is 9.71. The Hall–Kier alpha value is -1.38. The number of primary amides is 1. The summed E-state index contributed by atoms with van der Waals surface area (Å²) in [5, 5.41) is 0. The first-order chi connectivity index (χ1) is 6.13. The van der Waals surface area contributed by atoms with E-state index >= 15 is 0 Å². The van der Waals surface area contributed by atoms with Gasteiger partial charge in [-0.2, -0.15) is 0 Å². The van der Waals surface area contributed by atoms with Gasteiger partial charge in [0.2, 0.25) is 5.91 Å². The molecule has 0 aliphatic rings. The van der Waals surface area contributed by atoms with Crippen molar-refractivity contribution in [2.75, 3.05) is 0 Å². The molecular weight excluding hydrogens is 164 g/mol. The van der Waals surface area contributed by atoms with Gasteiger partial charge in [0.05, 0.1) is 5.92 Å². The summed E-state index contributed by atoms with van der Waals surface area (Å²) in [6, 6.07) is 3.69. The Morgan fingerprint density at radius 1 is 1.54 bits per heavy atom. The quantitative estimate of drug-likeness (QED) is 0.758. The Balaban J connectivity index is 2.96. The summed E-state index contributed by atoms with van der Waals surface area (Å²) in [6.45, 7) is 3.95. The molecule has 13 heavy (non-hydrogen) atoms. The second kappa shape index (κ2) is 4.03. The van der Waals surface area contributed by atoms with Gasteiger partial charge < -0.3 is 5.73 Å². The van der Waals surface area contributed by atoms with Crippen LogP contribution in [0.2, 0.25) is 0 Å². The van der Waals surface area contributed by atoms with Crippen molar-refractivity contribution >= 4 is 5.91 Å². The van der Waals surface area contributed by atoms with Crippen LogP contribution in [-0.2, 0) is 4.79 Å². The Morgan fingerprint density at radius 2 is 2.23 bits per heavy atom. The summed E-state index contributed by atoms with van der Waals surface area (Å²) in [4.78, 5) is 15.1. The molecule has 0 radical (unpaired) electrons. The molecule has 3 heteroatoms. The Morgan fingerprint density at radius 3 is 2.62 bits per heavy atom. The molecule has 0 spiro atoms. The van der Waals surface area contributed by atoms with Crippen LogP contribution < -0.4 is 5.73 Å². The molecule has 1 amide bonds. The molecular formula is C10H14N2O. The lowest BCUT2D eigenvalue weighted by Crippen LogP contribution is -2.25. The molecule has 0 unspecified atom stereocenters. The molecule has 0 aromatic carbocycles. The van der Waals surface area contributed by atoms with E-state index in [2.05, 4.69) is 4.98 Å². The maximum atomic E-state index is 11.1.